The molecule has 1 aromatic rings. The van der Waals surface area contributed by atoms with Crippen LogP contribution in [0.2, 0.25) is 0 Å². The Hall–Kier alpha value is -3.57. The number of hydrogen-bond acceptors (Lipinski definition) is 10. The van der Waals surface area contributed by atoms with E-state index in [0.29, 0.717) is 0 Å². The van der Waals surface area contributed by atoms with Gasteiger partial charge in [0.2, 0.25) is 5.79 Å². The Labute approximate surface area is 199 Å². The van der Waals surface area contributed by atoms with E-state index in [9.17, 15) is 34.2 Å². The number of ether oxygens (including phenoxy) is 4. The van der Waals surface area contributed by atoms with Gasteiger partial charge < -0.3 is 29.2 Å². The minimum atomic E-state index is -2.26. The highest BCUT2D eigenvalue weighted by molar-refractivity contribution is 6.28. The van der Waals surface area contributed by atoms with Crippen LogP contribution in [0, 0.1) is 0 Å². The molecule has 2 heterocycles. The average Bonchev–Trinajstić information content (AvgIpc) is 2.73. The molecule has 5 atom stereocenters. The fourth-order valence-corrected chi connectivity index (χ4v) is 5.01. The summed E-state index contributed by atoms with van der Waals surface area (Å²) in [6.45, 7) is 3.85. The Morgan fingerprint density at radius 3 is 2.40 bits per heavy atom. The predicted octanol–water partition coefficient (Wildman–Crippen LogP) is 1.70. The average molecular weight is 488 g/mol. The molecule has 11 nitrogen and oxygen atoms in total. The molecule has 35 heavy (non-hydrogen) atoms. The number of aromatic hydroxyl groups is 1. The number of phenolic OH excluding ortho intramolecular Hbond substituents is 1. The lowest BCUT2D eigenvalue weighted by molar-refractivity contribution is -0.335. The molecule has 0 amide bonds. The summed E-state index contributed by atoms with van der Waals surface area (Å²) in [4.78, 5) is 62.8. The fraction of sp³-hybridized carbons (Fsp3) is 0.458. The summed E-state index contributed by atoms with van der Waals surface area (Å²) in [5.41, 5.74) is -0.709. The first-order valence-electron chi connectivity index (χ1n) is 11.0. The van der Waals surface area contributed by atoms with Crippen molar-refractivity contribution in [3.63, 3.8) is 0 Å². The maximum Gasteiger partial charge on any atom is 0.305 e. The van der Waals surface area contributed by atoms with Gasteiger partial charge in [-0.1, -0.05) is 12.1 Å². The molecule has 11 heteroatoms. The summed E-state index contributed by atoms with van der Waals surface area (Å²) in [5.74, 6) is -6.86. The van der Waals surface area contributed by atoms with E-state index >= 15 is 0 Å². The van der Waals surface area contributed by atoms with Crippen molar-refractivity contribution >= 4 is 29.5 Å². The molecule has 1 fully saturated rings. The topological polar surface area (TPSA) is 163 Å². The highest BCUT2D eigenvalue weighted by Crippen LogP contribution is 2.50. The third-order valence-corrected chi connectivity index (χ3v) is 6.10. The summed E-state index contributed by atoms with van der Waals surface area (Å²) < 4.78 is 23.0. The number of carbonyl (C=O) groups is 5. The minimum Gasteiger partial charge on any atom is -0.507 e. The quantitative estimate of drug-likeness (QED) is 0.593. The number of benzene rings is 1. The molecule has 1 aromatic carbocycles. The van der Waals surface area contributed by atoms with E-state index in [4.69, 9.17) is 18.9 Å². The number of aliphatic carboxylic acids is 1. The highest BCUT2D eigenvalue weighted by atomic mass is 16.7. The van der Waals surface area contributed by atoms with Crippen LogP contribution in [-0.2, 0) is 33.3 Å². The first-order chi connectivity index (χ1) is 16.4. The zero-order valence-corrected chi connectivity index (χ0v) is 19.2. The van der Waals surface area contributed by atoms with E-state index < -0.39 is 71.8 Å². The van der Waals surface area contributed by atoms with Crippen molar-refractivity contribution < 1.29 is 53.1 Å². The predicted molar refractivity (Wildman–Crippen MR) is 115 cm³/mol. The number of phenols is 1. The maximum atomic E-state index is 13.8. The number of rotatable bonds is 4. The number of carboxylic acids is 1. The fourth-order valence-electron chi connectivity index (χ4n) is 5.01. The van der Waals surface area contributed by atoms with Gasteiger partial charge in [-0.15, -0.1) is 0 Å². The van der Waals surface area contributed by atoms with Gasteiger partial charge in [-0.3, -0.25) is 24.0 Å². The van der Waals surface area contributed by atoms with Crippen LogP contribution < -0.4 is 0 Å². The number of esters is 2. The van der Waals surface area contributed by atoms with Crippen LogP contribution in [0.4, 0.5) is 0 Å². The zero-order valence-electron chi connectivity index (χ0n) is 19.2. The van der Waals surface area contributed by atoms with Gasteiger partial charge in [-0.2, -0.15) is 0 Å². The van der Waals surface area contributed by atoms with Gasteiger partial charge in [0.15, 0.2) is 17.7 Å². The molecule has 1 aliphatic carbocycles. The zero-order chi connectivity index (χ0) is 25.7. The molecule has 0 bridgehead atoms. The largest absolute Gasteiger partial charge is 0.507 e. The van der Waals surface area contributed by atoms with Crippen molar-refractivity contribution in [1.82, 2.24) is 0 Å². The number of ketones is 2. The standard InChI is InChI=1S/C24H24O11/c1-10-7-17(32-11(2)25)23(33-12(3)26)24(34-10)20-15(8-13(35-24)9-18(28)29)21(30)14-5-4-6-16(27)19(14)22(20)31/h4-6,10,13,17,23,27H,7-9H2,1-3H3,(H,28,29). The molecule has 1 saturated heterocycles. The van der Waals surface area contributed by atoms with E-state index in [1.54, 1.807) is 6.92 Å². The van der Waals surface area contributed by atoms with E-state index in [1.807, 2.05) is 0 Å². The maximum absolute atomic E-state index is 13.8. The summed E-state index contributed by atoms with van der Waals surface area (Å²) in [6, 6.07) is 4.03. The molecular formula is C24H24O11. The van der Waals surface area contributed by atoms with Gasteiger partial charge >= 0.3 is 17.9 Å². The van der Waals surface area contributed by atoms with Gasteiger partial charge in [-0.25, -0.2) is 0 Å². The van der Waals surface area contributed by atoms with Crippen molar-refractivity contribution in [1.29, 1.82) is 0 Å². The first kappa shape index (κ1) is 24.6. The first-order valence-corrected chi connectivity index (χ1v) is 11.0. The van der Waals surface area contributed by atoms with E-state index in [2.05, 4.69) is 0 Å². The molecule has 4 rings (SSSR count). The third kappa shape index (κ3) is 4.21. The van der Waals surface area contributed by atoms with Gasteiger partial charge in [0.05, 0.1) is 29.8 Å². The molecular weight excluding hydrogens is 464 g/mol. The molecule has 3 aliphatic rings. The van der Waals surface area contributed by atoms with Gasteiger partial charge in [0.25, 0.3) is 0 Å². The Morgan fingerprint density at radius 1 is 1.09 bits per heavy atom. The van der Waals surface area contributed by atoms with Crippen molar-refractivity contribution in [2.24, 2.45) is 0 Å². The van der Waals surface area contributed by atoms with E-state index in [0.717, 1.165) is 13.8 Å². The normalized spacial score (nSPS) is 29.9. The number of carboxylic acid groups (broad SMARTS) is 1. The molecule has 0 aromatic heterocycles. The van der Waals surface area contributed by atoms with Crippen LogP contribution in [0.5, 0.6) is 5.75 Å². The number of fused-ring (bicyclic) bond motifs is 2. The lowest BCUT2D eigenvalue weighted by Gasteiger charge is -2.52. The molecule has 5 unspecified atom stereocenters. The lowest BCUT2D eigenvalue weighted by atomic mass is 9.73. The van der Waals surface area contributed by atoms with Crippen molar-refractivity contribution in [3.05, 3.63) is 40.5 Å². The van der Waals surface area contributed by atoms with E-state index in [-0.39, 0.29) is 35.1 Å². The van der Waals surface area contributed by atoms with Crippen LogP contribution in [-0.4, -0.2) is 69.9 Å². The van der Waals surface area contributed by atoms with Crippen LogP contribution in [0.15, 0.2) is 29.3 Å². The second kappa shape index (κ2) is 8.90. The number of carbonyl (C=O) groups excluding carboxylic acids is 4. The van der Waals surface area contributed by atoms with Gasteiger partial charge in [0.1, 0.15) is 11.9 Å². The third-order valence-electron chi connectivity index (χ3n) is 6.10. The summed E-state index contributed by atoms with van der Waals surface area (Å²) in [6.07, 6.45) is -5.24. The van der Waals surface area contributed by atoms with E-state index in [1.165, 1.54) is 18.2 Å². The lowest BCUT2D eigenvalue weighted by Crippen LogP contribution is -2.66. The second-order valence-corrected chi connectivity index (χ2v) is 8.76. The van der Waals surface area contributed by atoms with Crippen molar-refractivity contribution in [2.75, 3.05) is 0 Å². The highest BCUT2D eigenvalue weighted by Gasteiger charge is 2.63. The van der Waals surface area contributed by atoms with Gasteiger partial charge in [0, 0.05) is 37.8 Å². The van der Waals surface area contributed by atoms with Crippen LogP contribution in [0.25, 0.3) is 0 Å². The Bertz CT molecular complexity index is 1170. The molecule has 1 spiro atoms. The van der Waals surface area contributed by atoms with Crippen LogP contribution >= 0.6 is 0 Å². The number of Topliss-reactive ketones (excluding diaryl/α,β-unsaturated/α-hetero) is 2. The SMILES string of the molecule is CC(=O)OC1CC(C)OC2(OC(CC(=O)O)CC3=C2C(=O)c2c(O)cccc2C3=O)C1OC(C)=O. The Kier molecular flexibility index (Phi) is 6.24. The molecule has 2 aliphatic heterocycles. The molecule has 0 radical (unpaired) electrons. The van der Waals surface area contributed by atoms with Crippen molar-refractivity contribution in [2.45, 2.75) is 70.2 Å². The second-order valence-electron chi connectivity index (χ2n) is 8.76. The van der Waals surface area contributed by atoms with Crippen LogP contribution in [0.3, 0.4) is 0 Å². The summed E-state index contributed by atoms with van der Waals surface area (Å²) in [7, 11) is 0. The van der Waals surface area contributed by atoms with Crippen molar-refractivity contribution in [3.8, 4) is 5.75 Å². The minimum absolute atomic E-state index is 0.0516. The van der Waals surface area contributed by atoms with Gasteiger partial charge in [-0.05, 0) is 13.0 Å². The smallest absolute Gasteiger partial charge is 0.305 e. The number of hydrogen-bond donors (Lipinski definition) is 2. The Morgan fingerprint density at radius 2 is 1.77 bits per heavy atom. The monoisotopic (exact) mass is 488 g/mol. The molecule has 186 valence electrons. The molecule has 0 saturated carbocycles. The molecule has 2 N–H and O–H groups in total. The Balaban J connectivity index is 1.98. The summed E-state index contributed by atoms with van der Waals surface area (Å²) in [5, 5.41) is 19.8. The van der Waals surface area contributed by atoms with Crippen LogP contribution in [0.1, 0.15) is 60.7 Å². The summed E-state index contributed by atoms with van der Waals surface area (Å²) >= 11 is 0.